The number of hydrogen-bond donors (Lipinski definition) is 1. The average Bonchev–Trinajstić information content (AvgIpc) is 2.72. The van der Waals surface area contributed by atoms with Crippen LogP contribution in [-0.4, -0.2) is 36.1 Å². The smallest absolute Gasteiger partial charge is 0.0280 e. The third-order valence-corrected chi connectivity index (χ3v) is 5.61. The summed E-state index contributed by atoms with van der Waals surface area (Å²) in [6, 6.07) is 2.76. The number of nitrogens with zero attached hydrogens (tertiary/aromatic N) is 1. The van der Waals surface area contributed by atoms with E-state index in [4.69, 9.17) is 0 Å². The predicted octanol–water partition coefficient (Wildman–Crippen LogP) is 1.76. The minimum absolute atomic E-state index is 0.724. The molecule has 2 nitrogen and oxygen atoms in total. The summed E-state index contributed by atoms with van der Waals surface area (Å²) < 4.78 is 0. The van der Waals surface area contributed by atoms with Crippen molar-refractivity contribution in [3.8, 4) is 0 Å². The molecule has 0 aromatic rings. The van der Waals surface area contributed by atoms with Gasteiger partial charge in [-0.1, -0.05) is 12.8 Å². The van der Waals surface area contributed by atoms with E-state index in [1.807, 2.05) is 0 Å². The summed E-state index contributed by atoms with van der Waals surface area (Å²) in [5.74, 6) is 0. The van der Waals surface area contributed by atoms with Gasteiger partial charge >= 0.3 is 0 Å². The second-order valence-electron chi connectivity index (χ2n) is 6.25. The summed E-state index contributed by atoms with van der Waals surface area (Å²) in [7, 11) is 0. The van der Waals surface area contributed by atoms with Crippen LogP contribution in [0.2, 0.25) is 0 Å². The molecule has 3 heterocycles. The van der Waals surface area contributed by atoms with E-state index >= 15 is 0 Å². The quantitative estimate of drug-likeness (QED) is 0.658. The van der Waals surface area contributed by atoms with Crippen LogP contribution in [0.4, 0.5) is 0 Å². The summed E-state index contributed by atoms with van der Waals surface area (Å²) in [6.45, 7) is 2.71. The van der Waals surface area contributed by atoms with Crippen LogP contribution < -0.4 is 5.32 Å². The molecule has 0 radical (unpaired) electrons. The van der Waals surface area contributed by atoms with Gasteiger partial charge in [0.25, 0.3) is 0 Å². The number of nitrogens with one attached hydrogen (secondary N) is 1. The van der Waals surface area contributed by atoms with Gasteiger partial charge in [-0.25, -0.2) is 0 Å². The van der Waals surface area contributed by atoms with Crippen LogP contribution in [0.15, 0.2) is 0 Å². The zero-order valence-corrected chi connectivity index (χ0v) is 9.54. The summed E-state index contributed by atoms with van der Waals surface area (Å²) in [6.07, 6.45) is 10.4. The summed E-state index contributed by atoms with van der Waals surface area (Å²) in [5.41, 5.74) is 0.724. The number of hydrogen-bond acceptors (Lipinski definition) is 2. The molecule has 4 unspecified atom stereocenters. The maximum atomic E-state index is 3.85. The van der Waals surface area contributed by atoms with Crippen LogP contribution in [0, 0.1) is 5.41 Å². The lowest BCUT2D eigenvalue weighted by atomic mass is 9.75. The Bertz CT molecular complexity index is 264. The number of fused-ring (bicyclic) bond motifs is 1. The molecule has 1 aliphatic carbocycles. The Labute approximate surface area is 92.4 Å². The predicted molar refractivity (Wildman–Crippen MR) is 60.8 cm³/mol. The van der Waals surface area contributed by atoms with Gasteiger partial charge in [0.1, 0.15) is 0 Å². The number of rotatable bonds is 1. The van der Waals surface area contributed by atoms with Crippen LogP contribution in [-0.2, 0) is 0 Å². The van der Waals surface area contributed by atoms with Crippen LogP contribution in [0.1, 0.15) is 44.9 Å². The van der Waals surface area contributed by atoms with Gasteiger partial charge < -0.3 is 5.32 Å². The molecule has 15 heavy (non-hydrogen) atoms. The first-order valence-corrected chi connectivity index (χ1v) is 6.88. The second kappa shape index (κ2) is 2.98. The van der Waals surface area contributed by atoms with Crippen LogP contribution >= 0.6 is 0 Å². The van der Waals surface area contributed by atoms with Crippen molar-refractivity contribution < 1.29 is 0 Å². The van der Waals surface area contributed by atoms with E-state index in [0.717, 1.165) is 23.5 Å². The summed E-state index contributed by atoms with van der Waals surface area (Å²) in [4.78, 5) is 2.77. The zero-order chi connectivity index (χ0) is 9.88. The maximum absolute atomic E-state index is 3.85. The molecule has 1 N–H and O–H groups in total. The highest BCUT2D eigenvalue weighted by molar-refractivity contribution is 5.12. The molecule has 0 aromatic carbocycles. The Morgan fingerprint density at radius 1 is 1.07 bits per heavy atom. The lowest BCUT2D eigenvalue weighted by Gasteiger charge is -2.36. The van der Waals surface area contributed by atoms with Crippen molar-refractivity contribution in [2.45, 2.75) is 63.1 Å². The van der Waals surface area contributed by atoms with Gasteiger partial charge in [0, 0.05) is 24.7 Å². The van der Waals surface area contributed by atoms with Gasteiger partial charge in [0.15, 0.2) is 0 Å². The lowest BCUT2D eigenvalue weighted by molar-refractivity contribution is 0.183. The fourth-order valence-electron chi connectivity index (χ4n) is 4.78. The van der Waals surface area contributed by atoms with Crippen molar-refractivity contribution in [1.82, 2.24) is 10.2 Å². The minimum atomic E-state index is 0.724. The molecule has 4 fully saturated rings. The largest absolute Gasteiger partial charge is 0.312 e. The van der Waals surface area contributed by atoms with Crippen LogP contribution in [0.3, 0.4) is 0 Å². The fraction of sp³-hybridized carbons (Fsp3) is 1.00. The standard InChI is InChI=1S/C13H22N2/c1-2-6-13(5-1)7-8-14-12(13)11-4-3-10-9-15(10)11/h10-12,14H,1-9H2. The van der Waals surface area contributed by atoms with Gasteiger partial charge in [-0.05, 0) is 44.1 Å². The lowest BCUT2D eigenvalue weighted by Crippen LogP contribution is -2.47. The van der Waals surface area contributed by atoms with Gasteiger partial charge in [-0.15, -0.1) is 0 Å². The van der Waals surface area contributed by atoms with Crippen molar-refractivity contribution in [2.75, 3.05) is 13.1 Å². The van der Waals surface area contributed by atoms with E-state index in [2.05, 4.69) is 10.2 Å². The molecular formula is C13H22N2. The first-order valence-electron chi connectivity index (χ1n) is 6.88. The highest BCUT2D eigenvalue weighted by Gasteiger charge is 2.55. The molecule has 3 aliphatic heterocycles. The molecular weight excluding hydrogens is 184 g/mol. The van der Waals surface area contributed by atoms with Crippen LogP contribution in [0.5, 0.6) is 0 Å². The summed E-state index contributed by atoms with van der Waals surface area (Å²) >= 11 is 0. The van der Waals surface area contributed by atoms with Crippen molar-refractivity contribution >= 4 is 0 Å². The Morgan fingerprint density at radius 3 is 2.60 bits per heavy atom. The van der Waals surface area contributed by atoms with Crippen molar-refractivity contribution in [3.63, 3.8) is 0 Å². The first kappa shape index (κ1) is 9.00. The molecule has 4 rings (SSSR count). The Morgan fingerprint density at radius 2 is 1.93 bits per heavy atom. The van der Waals surface area contributed by atoms with E-state index in [9.17, 15) is 0 Å². The Hall–Kier alpha value is -0.0800. The molecule has 3 saturated heterocycles. The van der Waals surface area contributed by atoms with E-state index in [1.54, 1.807) is 0 Å². The molecule has 1 spiro atoms. The summed E-state index contributed by atoms with van der Waals surface area (Å²) in [5, 5.41) is 3.85. The van der Waals surface area contributed by atoms with Crippen molar-refractivity contribution in [3.05, 3.63) is 0 Å². The average molecular weight is 206 g/mol. The van der Waals surface area contributed by atoms with Gasteiger partial charge in [-0.2, -0.15) is 0 Å². The zero-order valence-electron chi connectivity index (χ0n) is 9.54. The van der Waals surface area contributed by atoms with Crippen molar-refractivity contribution in [1.29, 1.82) is 0 Å². The third-order valence-electron chi connectivity index (χ3n) is 5.61. The molecule has 4 aliphatic rings. The van der Waals surface area contributed by atoms with E-state index in [0.29, 0.717) is 0 Å². The van der Waals surface area contributed by atoms with E-state index < -0.39 is 0 Å². The number of piperidine rings is 1. The molecule has 0 aromatic heterocycles. The second-order valence-corrected chi connectivity index (χ2v) is 6.25. The van der Waals surface area contributed by atoms with Gasteiger partial charge in [-0.3, -0.25) is 4.90 Å². The highest BCUT2D eigenvalue weighted by Crippen LogP contribution is 2.51. The third kappa shape index (κ3) is 1.18. The van der Waals surface area contributed by atoms with E-state index in [1.165, 1.54) is 58.0 Å². The molecule has 0 bridgehead atoms. The molecule has 0 amide bonds. The monoisotopic (exact) mass is 206 g/mol. The Balaban J connectivity index is 1.59. The molecule has 1 saturated carbocycles. The Kier molecular flexibility index (Phi) is 1.79. The molecule has 2 heteroatoms. The maximum Gasteiger partial charge on any atom is 0.0280 e. The van der Waals surface area contributed by atoms with Crippen molar-refractivity contribution in [2.24, 2.45) is 5.41 Å². The van der Waals surface area contributed by atoms with Crippen LogP contribution in [0.25, 0.3) is 0 Å². The SMILES string of the molecule is C1CCC2(C1)CCNC2C1CCC2CN21. The van der Waals surface area contributed by atoms with Gasteiger partial charge in [0.2, 0.25) is 0 Å². The molecule has 84 valence electrons. The van der Waals surface area contributed by atoms with E-state index in [-0.39, 0.29) is 0 Å². The fourth-order valence-corrected chi connectivity index (χ4v) is 4.78. The molecule has 4 atom stereocenters. The van der Waals surface area contributed by atoms with Gasteiger partial charge in [0.05, 0.1) is 0 Å². The topological polar surface area (TPSA) is 15.0 Å². The normalized spacial score (nSPS) is 51.2. The first-order chi connectivity index (χ1) is 7.39. The minimum Gasteiger partial charge on any atom is -0.312 e. The highest BCUT2D eigenvalue weighted by atomic mass is 15.4.